The number of aromatic nitrogens is 2. The molecular weight excluding hydrogens is 276 g/mol. The minimum Gasteiger partial charge on any atom is -0.382 e. The molecule has 0 saturated heterocycles. The number of halogens is 1. The van der Waals surface area contributed by atoms with Gasteiger partial charge in [-0.05, 0) is 15.9 Å². The van der Waals surface area contributed by atoms with Crippen LogP contribution in [0.2, 0.25) is 0 Å². The highest BCUT2D eigenvalue weighted by molar-refractivity contribution is 9.10. The Kier molecular flexibility index (Phi) is 4.48. The van der Waals surface area contributed by atoms with Crippen LogP contribution in [0.5, 0.6) is 0 Å². The summed E-state index contributed by atoms with van der Waals surface area (Å²) in [5, 5.41) is 8.90. The molecule has 88 valence electrons. The summed E-state index contributed by atoms with van der Waals surface area (Å²) in [5.41, 5.74) is 0.277. The van der Waals surface area contributed by atoms with Crippen LogP contribution in [0.4, 0.5) is 5.69 Å². The van der Waals surface area contributed by atoms with Gasteiger partial charge in [-0.2, -0.15) is 5.10 Å². The summed E-state index contributed by atoms with van der Waals surface area (Å²) in [5.74, 6) is 0.0291. The molecule has 0 aromatic carbocycles. The number of rotatable bonds is 4. The monoisotopic (exact) mass is 288 g/mol. The number of carbonyl (C=O) groups is 1. The molecule has 0 aliphatic rings. The summed E-state index contributed by atoms with van der Waals surface area (Å²) in [6, 6.07) is 0. The summed E-state index contributed by atoms with van der Waals surface area (Å²) < 4.78 is 0.389. The zero-order valence-electron chi connectivity index (χ0n) is 9.08. The zero-order chi connectivity index (χ0) is 12.1. The number of amides is 1. The Morgan fingerprint density at radius 2 is 2.31 bits per heavy atom. The molecule has 0 spiro atoms. The summed E-state index contributed by atoms with van der Waals surface area (Å²) in [7, 11) is 3.40. The normalized spacial score (nSPS) is 9.94. The lowest BCUT2D eigenvalue weighted by molar-refractivity contribution is -0.128. The number of nitrogens with one attached hydrogen (secondary N) is 2. The SMILES string of the molecule is CN(C)C(=O)CCNc1cn[nH]c(=O)c1Br. The Morgan fingerprint density at radius 1 is 1.62 bits per heavy atom. The van der Waals surface area contributed by atoms with Crippen LogP contribution < -0.4 is 10.9 Å². The number of nitrogens with zero attached hydrogens (tertiary/aromatic N) is 2. The van der Waals surface area contributed by atoms with E-state index in [2.05, 4.69) is 31.4 Å². The molecule has 0 saturated carbocycles. The van der Waals surface area contributed by atoms with E-state index in [1.165, 1.54) is 11.1 Å². The highest BCUT2D eigenvalue weighted by atomic mass is 79.9. The van der Waals surface area contributed by atoms with Crippen molar-refractivity contribution in [1.29, 1.82) is 0 Å². The number of anilines is 1. The Morgan fingerprint density at radius 3 is 2.94 bits per heavy atom. The lowest BCUT2D eigenvalue weighted by atomic mass is 10.3. The minimum absolute atomic E-state index is 0.0291. The Hall–Kier alpha value is -1.37. The molecule has 0 bridgehead atoms. The lowest BCUT2D eigenvalue weighted by Gasteiger charge is -2.11. The van der Waals surface area contributed by atoms with E-state index in [4.69, 9.17) is 0 Å². The van der Waals surface area contributed by atoms with Crippen LogP contribution in [0.25, 0.3) is 0 Å². The van der Waals surface area contributed by atoms with Crippen LogP contribution in [0.15, 0.2) is 15.5 Å². The Bertz CT molecular complexity index is 430. The molecule has 1 aromatic rings. The third-order valence-electron chi connectivity index (χ3n) is 1.95. The van der Waals surface area contributed by atoms with Gasteiger partial charge in [-0.1, -0.05) is 0 Å². The van der Waals surface area contributed by atoms with Crippen LogP contribution >= 0.6 is 15.9 Å². The highest BCUT2D eigenvalue weighted by Crippen LogP contribution is 2.14. The zero-order valence-corrected chi connectivity index (χ0v) is 10.7. The third-order valence-corrected chi connectivity index (χ3v) is 2.74. The number of hydrogen-bond donors (Lipinski definition) is 2. The van der Waals surface area contributed by atoms with E-state index in [-0.39, 0.29) is 11.5 Å². The van der Waals surface area contributed by atoms with Crippen LogP contribution in [-0.2, 0) is 4.79 Å². The first-order chi connectivity index (χ1) is 7.52. The third kappa shape index (κ3) is 3.34. The van der Waals surface area contributed by atoms with E-state index < -0.39 is 0 Å². The van der Waals surface area contributed by atoms with Gasteiger partial charge >= 0.3 is 0 Å². The Balaban J connectivity index is 2.53. The first-order valence-corrected chi connectivity index (χ1v) is 5.49. The van der Waals surface area contributed by atoms with Gasteiger partial charge in [0.1, 0.15) is 4.47 Å². The van der Waals surface area contributed by atoms with Gasteiger partial charge in [-0.15, -0.1) is 0 Å². The largest absolute Gasteiger partial charge is 0.382 e. The van der Waals surface area contributed by atoms with Crippen molar-refractivity contribution in [2.75, 3.05) is 26.0 Å². The van der Waals surface area contributed by atoms with E-state index in [0.29, 0.717) is 23.1 Å². The second-order valence-corrected chi connectivity index (χ2v) is 4.18. The fraction of sp³-hybridized carbons (Fsp3) is 0.444. The molecule has 6 nitrogen and oxygen atoms in total. The molecule has 0 radical (unpaired) electrons. The first-order valence-electron chi connectivity index (χ1n) is 4.69. The van der Waals surface area contributed by atoms with Gasteiger partial charge in [0.2, 0.25) is 5.91 Å². The summed E-state index contributed by atoms with van der Waals surface area (Å²) in [6.45, 7) is 0.459. The molecule has 0 atom stereocenters. The van der Waals surface area contributed by atoms with Gasteiger partial charge in [0.05, 0.1) is 11.9 Å². The van der Waals surface area contributed by atoms with Gasteiger partial charge in [0.15, 0.2) is 0 Å². The summed E-state index contributed by atoms with van der Waals surface area (Å²) in [4.78, 5) is 24.0. The van der Waals surface area contributed by atoms with Crippen molar-refractivity contribution < 1.29 is 4.79 Å². The topological polar surface area (TPSA) is 78.1 Å². The van der Waals surface area contributed by atoms with Crippen molar-refractivity contribution in [2.24, 2.45) is 0 Å². The van der Waals surface area contributed by atoms with Crippen molar-refractivity contribution >= 4 is 27.5 Å². The maximum atomic E-state index is 11.3. The number of hydrogen-bond acceptors (Lipinski definition) is 4. The van der Waals surface area contributed by atoms with Gasteiger partial charge in [0.25, 0.3) is 5.56 Å². The molecule has 0 fully saturated rings. The van der Waals surface area contributed by atoms with Crippen molar-refractivity contribution in [3.63, 3.8) is 0 Å². The standard InChI is InChI=1S/C9H13BrN4O2/c1-14(2)7(15)3-4-11-6-5-12-13-9(16)8(6)10/h5H,3-4H2,1-2H3,(H2,11,13,16). The van der Waals surface area contributed by atoms with Gasteiger partial charge < -0.3 is 10.2 Å². The van der Waals surface area contributed by atoms with Crippen LogP contribution in [0.1, 0.15) is 6.42 Å². The predicted molar refractivity (Wildman–Crippen MR) is 64.4 cm³/mol. The van der Waals surface area contributed by atoms with Crippen molar-refractivity contribution in [3.05, 3.63) is 21.0 Å². The van der Waals surface area contributed by atoms with Gasteiger partial charge in [-0.25, -0.2) is 5.10 Å². The quantitative estimate of drug-likeness (QED) is 0.842. The first kappa shape index (κ1) is 12.7. The van der Waals surface area contributed by atoms with Crippen molar-refractivity contribution in [2.45, 2.75) is 6.42 Å². The molecule has 1 amide bonds. The van der Waals surface area contributed by atoms with Crippen LogP contribution in [-0.4, -0.2) is 41.6 Å². The van der Waals surface area contributed by atoms with E-state index in [9.17, 15) is 9.59 Å². The van der Waals surface area contributed by atoms with Gasteiger partial charge in [-0.3, -0.25) is 9.59 Å². The predicted octanol–water partition coefficient (Wildman–Crippen LogP) is 0.423. The number of H-pyrrole nitrogens is 1. The fourth-order valence-electron chi connectivity index (χ4n) is 1.03. The molecular formula is C9H13BrN4O2. The van der Waals surface area contributed by atoms with Crippen molar-refractivity contribution in [3.8, 4) is 0 Å². The molecule has 1 aromatic heterocycles. The molecule has 2 N–H and O–H groups in total. The number of carbonyl (C=O) groups excluding carboxylic acids is 1. The number of aromatic amines is 1. The molecule has 1 rings (SSSR count). The minimum atomic E-state index is -0.302. The van der Waals surface area contributed by atoms with E-state index in [1.807, 2.05) is 0 Å². The molecule has 0 unspecified atom stereocenters. The van der Waals surface area contributed by atoms with Gasteiger partial charge in [0, 0.05) is 27.1 Å². The second-order valence-electron chi connectivity index (χ2n) is 3.39. The van der Waals surface area contributed by atoms with Crippen LogP contribution in [0, 0.1) is 0 Å². The maximum absolute atomic E-state index is 11.3. The molecule has 16 heavy (non-hydrogen) atoms. The summed E-state index contributed by atoms with van der Waals surface area (Å²) >= 11 is 3.13. The fourth-order valence-corrected chi connectivity index (χ4v) is 1.37. The molecule has 0 aliphatic carbocycles. The second kappa shape index (κ2) is 5.64. The highest BCUT2D eigenvalue weighted by Gasteiger charge is 2.06. The van der Waals surface area contributed by atoms with Crippen molar-refractivity contribution in [1.82, 2.24) is 15.1 Å². The molecule has 0 aliphatic heterocycles. The van der Waals surface area contributed by atoms with E-state index in [1.54, 1.807) is 14.1 Å². The van der Waals surface area contributed by atoms with E-state index >= 15 is 0 Å². The van der Waals surface area contributed by atoms with Crippen LogP contribution in [0.3, 0.4) is 0 Å². The smallest absolute Gasteiger partial charge is 0.280 e. The summed E-state index contributed by atoms with van der Waals surface area (Å²) in [6.07, 6.45) is 1.86. The van der Waals surface area contributed by atoms with E-state index in [0.717, 1.165) is 0 Å². The average Bonchev–Trinajstić information content (AvgIpc) is 2.24. The lowest BCUT2D eigenvalue weighted by Crippen LogP contribution is -2.24. The Labute approximate surface area is 101 Å². The maximum Gasteiger partial charge on any atom is 0.280 e. The molecule has 7 heteroatoms. The average molecular weight is 289 g/mol. The molecule has 1 heterocycles.